The molecule has 2 atom stereocenters. The van der Waals surface area contributed by atoms with E-state index in [1.165, 1.54) is 39.3 Å². The first-order chi connectivity index (χ1) is 14.7. The van der Waals surface area contributed by atoms with Crippen LogP contribution in [-0.4, -0.2) is 43.5 Å². The fourth-order valence-electron chi connectivity index (χ4n) is 6.48. The third-order valence-electron chi connectivity index (χ3n) is 7.02. The van der Waals surface area contributed by atoms with E-state index in [9.17, 15) is 19.2 Å². The minimum absolute atomic E-state index is 0.0639. The highest BCUT2D eigenvalue weighted by Gasteiger charge is 2.60. The van der Waals surface area contributed by atoms with Gasteiger partial charge in [-0.1, -0.05) is 0 Å². The molecule has 1 aromatic carbocycles. The Balaban J connectivity index is 1.63. The van der Waals surface area contributed by atoms with Gasteiger partial charge in [0.2, 0.25) is 11.8 Å². The Morgan fingerprint density at radius 1 is 0.903 bits per heavy atom. The maximum atomic E-state index is 13.5. The van der Waals surface area contributed by atoms with Gasteiger partial charge < -0.3 is 20.1 Å². The second-order valence-electron chi connectivity index (χ2n) is 9.44. The van der Waals surface area contributed by atoms with Crippen LogP contribution >= 0.6 is 0 Å². The molecule has 1 aromatic rings. The summed E-state index contributed by atoms with van der Waals surface area (Å²) in [4.78, 5) is 49.5. The first-order valence-corrected chi connectivity index (χ1v) is 10.6. The molecule has 8 heteroatoms. The molecule has 166 valence electrons. The number of benzene rings is 1. The van der Waals surface area contributed by atoms with Crippen LogP contribution in [0.5, 0.6) is 0 Å². The maximum Gasteiger partial charge on any atom is 0.337 e. The highest BCUT2D eigenvalue weighted by Crippen LogP contribution is 2.61. The molecule has 0 aromatic heterocycles. The summed E-state index contributed by atoms with van der Waals surface area (Å²) < 4.78 is 9.54. The molecule has 4 aliphatic carbocycles. The zero-order chi connectivity index (χ0) is 22.4. The van der Waals surface area contributed by atoms with Crippen molar-refractivity contribution in [2.45, 2.75) is 51.0 Å². The predicted octanol–water partition coefficient (Wildman–Crippen LogP) is 2.67. The summed E-state index contributed by atoms with van der Waals surface area (Å²) in [7, 11) is 2.50. The Kier molecular flexibility index (Phi) is 5.27. The highest BCUT2D eigenvalue weighted by molar-refractivity contribution is 6.01. The van der Waals surface area contributed by atoms with E-state index < -0.39 is 17.4 Å². The molecule has 0 saturated heterocycles. The molecule has 4 saturated carbocycles. The standard InChI is InChI=1S/C23H28N2O6/c1-13(26)25-23-10-14-4-15(11-23)9-22(8-14,12-23)21(29)24-18-6-16(19(27)30-2)5-17(7-18)20(28)31-3/h5-7,14-15H,4,8-12H2,1-3H3,(H,24,29)(H,25,26). The lowest BCUT2D eigenvalue weighted by molar-refractivity contribution is -0.148. The summed E-state index contributed by atoms with van der Waals surface area (Å²) in [6.07, 6.45) is 5.12. The Labute approximate surface area is 181 Å². The molecule has 4 aliphatic rings. The van der Waals surface area contributed by atoms with Crippen LogP contribution in [-0.2, 0) is 19.1 Å². The zero-order valence-corrected chi connectivity index (χ0v) is 18.1. The van der Waals surface area contributed by atoms with Crippen LogP contribution in [0.15, 0.2) is 18.2 Å². The molecule has 0 radical (unpaired) electrons. The van der Waals surface area contributed by atoms with Crippen molar-refractivity contribution in [1.82, 2.24) is 5.32 Å². The number of carbonyl (C=O) groups excluding carboxylic acids is 4. The number of methoxy groups -OCH3 is 2. The lowest BCUT2D eigenvalue weighted by Crippen LogP contribution is -2.65. The largest absolute Gasteiger partial charge is 0.465 e. The maximum absolute atomic E-state index is 13.5. The number of nitrogens with one attached hydrogen (secondary N) is 2. The third-order valence-corrected chi connectivity index (χ3v) is 7.02. The van der Waals surface area contributed by atoms with E-state index in [-0.39, 0.29) is 28.5 Å². The summed E-state index contributed by atoms with van der Waals surface area (Å²) in [6, 6.07) is 4.38. The Hall–Kier alpha value is -2.90. The second-order valence-corrected chi connectivity index (χ2v) is 9.44. The lowest BCUT2D eigenvalue weighted by Gasteiger charge is -2.61. The van der Waals surface area contributed by atoms with Crippen LogP contribution in [0.3, 0.4) is 0 Å². The summed E-state index contributed by atoms with van der Waals surface area (Å²) in [5.41, 5.74) is -0.239. The van der Waals surface area contributed by atoms with Gasteiger partial charge in [0.15, 0.2) is 0 Å². The van der Waals surface area contributed by atoms with Gasteiger partial charge in [0.25, 0.3) is 0 Å². The van der Waals surface area contributed by atoms with Crippen molar-refractivity contribution in [2.75, 3.05) is 19.5 Å². The summed E-state index contributed by atoms with van der Waals surface area (Å²) in [6.45, 7) is 1.53. The lowest BCUT2D eigenvalue weighted by atomic mass is 9.46. The van der Waals surface area contributed by atoms with Crippen molar-refractivity contribution in [2.24, 2.45) is 17.3 Å². The van der Waals surface area contributed by atoms with Gasteiger partial charge in [-0.3, -0.25) is 9.59 Å². The first kappa shape index (κ1) is 21.3. The number of amides is 2. The number of esters is 2. The van der Waals surface area contributed by atoms with Crippen molar-refractivity contribution in [3.05, 3.63) is 29.3 Å². The molecule has 8 nitrogen and oxygen atoms in total. The smallest absolute Gasteiger partial charge is 0.337 e. The molecule has 4 fully saturated rings. The SMILES string of the molecule is COC(=O)c1cc(NC(=O)C23CC4CC(CC(NC(C)=O)(C4)C2)C3)cc(C(=O)OC)c1. The van der Waals surface area contributed by atoms with E-state index in [0.29, 0.717) is 23.9 Å². The first-order valence-electron chi connectivity index (χ1n) is 10.6. The van der Waals surface area contributed by atoms with Crippen LogP contribution < -0.4 is 10.6 Å². The highest BCUT2D eigenvalue weighted by atomic mass is 16.5. The van der Waals surface area contributed by atoms with Crippen LogP contribution in [0, 0.1) is 17.3 Å². The normalized spacial score (nSPS) is 30.4. The van der Waals surface area contributed by atoms with Gasteiger partial charge in [0.1, 0.15) is 0 Å². The Morgan fingerprint density at radius 2 is 1.45 bits per heavy atom. The molecule has 31 heavy (non-hydrogen) atoms. The molecule has 2 N–H and O–H groups in total. The average Bonchev–Trinajstić information content (AvgIpc) is 2.70. The van der Waals surface area contributed by atoms with E-state index >= 15 is 0 Å². The number of anilines is 1. The topological polar surface area (TPSA) is 111 Å². The average molecular weight is 428 g/mol. The number of ether oxygens (including phenoxy) is 2. The molecular formula is C23H28N2O6. The number of carbonyl (C=O) groups is 4. The van der Waals surface area contributed by atoms with Crippen LogP contribution in [0.25, 0.3) is 0 Å². The summed E-state index contributed by atoms with van der Waals surface area (Å²) in [5.74, 6) is -0.599. The molecule has 5 rings (SSSR count). The molecule has 0 heterocycles. The van der Waals surface area contributed by atoms with Gasteiger partial charge in [-0.25, -0.2) is 9.59 Å². The molecular weight excluding hydrogens is 400 g/mol. The van der Waals surface area contributed by atoms with E-state index in [0.717, 1.165) is 32.1 Å². The third kappa shape index (κ3) is 3.91. The van der Waals surface area contributed by atoms with E-state index in [2.05, 4.69) is 10.6 Å². The van der Waals surface area contributed by atoms with Gasteiger partial charge in [-0.2, -0.15) is 0 Å². The Bertz CT molecular complexity index is 907. The van der Waals surface area contributed by atoms with Crippen molar-refractivity contribution >= 4 is 29.4 Å². The van der Waals surface area contributed by atoms with Gasteiger partial charge in [-0.05, 0) is 68.6 Å². The van der Waals surface area contributed by atoms with E-state index in [1.807, 2.05) is 0 Å². The summed E-state index contributed by atoms with van der Waals surface area (Å²) in [5, 5.41) is 6.09. The van der Waals surface area contributed by atoms with Crippen molar-refractivity contribution < 1.29 is 28.7 Å². The number of hydrogen-bond donors (Lipinski definition) is 2. The van der Waals surface area contributed by atoms with Crippen molar-refractivity contribution in [1.29, 1.82) is 0 Å². The van der Waals surface area contributed by atoms with E-state index in [1.54, 1.807) is 0 Å². The zero-order valence-electron chi connectivity index (χ0n) is 18.1. The van der Waals surface area contributed by atoms with Gasteiger partial charge in [0.05, 0.1) is 30.8 Å². The number of hydrogen-bond acceptors (Lipinski definition) is 6. The molecule has 0 aliphatic heterocycles. The fourth-order valence-corrected chi connectivity index (χ4v) is 6.48. The summed E-state index contributed by atoms with van der Waals surface area (Å²) >= 11 is 0. The van der Waals surface area contributed by atoms with E-state index in [4.69, 9.17) is 9.47 Å². The predicted molar refractivity (Wildman–Crippen MR) is 111 cm³/mol. The van der Waals surface area contributed by atoms with Crippen molar-refractivity contribution in [3.63, 3.8) is 0 Å². The van der Waals surface area contributed by atoms with Crippen LogP contribution in [0.2, 0.25) is 0 Å². The van der Waals surface area contributed by atoms with Crippen molar-refractivity contribution in [3.8, 4) is 0 Å². The van der Waals surface area contributed by atoms with Gasteiger partial charge in [-0.15, -0.1) is 0 Å². The monoisotopic (exact) mass is 428 g/mol. The van der Waals surface area contributed by atoms with Gasteiger partial charge >= 0.3 is 11.9 Å². The van der Waals surface area contributed by atoms with Gasteiger partial charge in [0, 0.05) is 18.2 Å². The molecule has 4 bridgehead atoms. The minimum Gasteiger partial charge on any atom is -0.465 e. The van der Waals surface area contributed by atoms with Crippen LogP contribution in [0.4, 0.5) is 5.69 Å². The molecule has 2 amide bonds. The fraction of sp³-hybridized carbons (Fsp3) is 0.565. The quantitative estimate of drug-likeness (QED) is 0.698. The molecule has 2 unspecified atom stereocenters. The number of rotatable bonds is 5. The Morgan fingerprint density at radius 3 is 1.94 bits per heavy atom. The minimum atomic E-state index is -0.610. The second kappa shape index (κ2) is 7.66. The van der Waals surface area contributed by atoms with Crippen LogP contribution in [0.1, 0.15) is 66.2 Å². The molecule has 0 spiro atoms.